The molecule has 9 heteroatoms. The number of nitrogens with zero attached hydrogens (tertiary/aromatic N) is 5. The largest absolute Gasteiger partial charge is 0.342 e. The minimum Gasteiger partial charge on any atom is -0.342 e. The summed E-state index contributed by atoms with van der Waals surface area (Å²) >= 11 is 1.74. The minimum absolute atomic E-state index is 0.0119. The van der Waals surface area contributed by atoms with Crippen molar-refractivity contribution in [3.8, 4) is 0 Å². The Morgan fingerprint density at radius 2 is 2.23 bits per heavy atom. The van der Waals surface area contributed by atoms with Crippen molar-refractivity contribution in [2.24, 2.45) is 0 Å². The monoisotopic (exact) mass is 375 g/mol. The third kappa shape index (κ3) is 3.94. The second-order valence-corrected chi connectivity index (χ2v) is 8.21. The summed E-state index contributed by atoms with van der Waals surface area (Å²) in [4.78, 5) is 20.9. The van der Waals surface area contributed by atoms with Crippen LogP contribution in [0, 0.1) is 6.92 Å². The summed E-state index contributed by atoms with van der Waals surface area (Å²) < 4.78 is 1.76. The molecule has 0 radical (unpaired) electrons. The van der Waals surface area contributed by atoms with E-state index in [9.17, 15) is 4.79 Å². The fourth-order valence-electron chi connectivity index (χ4n) is 3.60. The molecule has 2 aromatic rings. The topological polar surface area (TPSA) is 88.0 Å². The van der Waals surface area contributed by atoms with E-state index in [2.05, 4.69) is 30.8 Å². The van der Waals surface area contributed by atoms with Crippen LogP contribution in [-0.4, -0.2) is 63.5 Å². The quantitative estimate of drug-likeness (QED) is 0.802. The van der Waals surface area contributed by atoms with Crippen molar-refractivity contribution in [2.45, 2.75) is 38.8 Å². The van der Waals surface area contributed by atoms with Crippen molar-refractivity contribution in [3.63, 3.8) is 0 Å². The summed E-state index contributed by atoms with van der Waals surface area (Å²) in [6.07, 6.45) is 4.82. The number of rotatable bonds is 5. The van der Waals surface area contributed by atoms with Gasteiger partial charge in [-0.2, -0.15) is 0 Å². The predicted octanol–water partition coefficient (Wildman–Crippen LogP) is 0.756. The van der Waals surface area contributed by atoms with Crippen molar-refractivity contribution in [2.75, 3.05) is 32.7 Å². The molecule has 1 amide bonds. The van der Waals surface area contributed by atoms with Crippen LogP contribution in [0.5, 0.6) is 0 Å². The number of amides is 1. The van der Waals surface area contributed by atoms with E-state index in [0.29, 0.717) is 5.69 Å². The molecule has 4 rings (SSSR count). The molecule has 0 unspecified atom stereocenters. The Bertz CT molecular complexity index is 765. The molecule has 2 aromatic heterocycles. The van der Waals surface area contributed by atoms with E-state index >= 15 is 0 Å². The first kappa shape index (κ1) is 17.6. The van der Waals surface area contributed by atoms with Crippen molar-refractivity contribution in [3.05, 3.63) is 27.5 Å². The molecular weight excluding hydrogens is 350 g/mol. The molecule has 1 aliphatic carbocycles. The Kier molecular flexibility index (Phi) is 5.28. The molecule has 1 saturated heterocycles. The van der Waals surface area contributed by atoms with Gasteiger partial charge in [-0.1, -0.05) is 5.21 Å². The highest BCUT2D eigenvalue weighted by Crippen LogP contribution is 2.33. The number of aromatic nitrogens is 4. The van der Waals surface area contributed by atoms with Gasteiger partial charge in [0.15, 0.2) is 5.69 Å². The zero-order valence-corrected chi connectivity index (χ0v) is 15.9. The lowest BCUT2D eigenvalue weighted by Crippen LogP contribution is -2.44. The standard InChI is InChI=1S/C17H25N7OS/c1-12-19-16-13(3-2-4-15(16)26-12)20-17(25)14-11-24(22-21-14)10-9-23-7-5-18-6-8-23/h11,13,18H,2-10H2,1H3,(H,20,25)/t13-/m1/s1. The average Bonchev–Trinajstić information content (AvgIpc) is 3.27. The lowest BCUT2D eigenvalue weighted by Gasteiger charge is -2.26. The highest BCUT2D eigenvalue weighted by Gasteiger charge is 2.26. The smallest absolute Gasteiger partial charge is 0.273 e. The summed E-state index contributed by atoms with van der Waals surface area (Å²) in [6, 6.07) is -0.0119. The molecule has 8 nitrogen and oxygen atoms in total. The summed E-state index contributed by atoms with van der Waals surface area (Å²) in [5.41, 5.74) is 1.42. The average molecular weight is 376 g/mol. The predicted molar refractivity (Wildman–Crippen MR) is 99.3 cm³/mol. The van der Waals surface area contributed by atoms with E-state index < -0.39 is 0 Å². The fraction of sp³-hybridized carbons (Fsp3) is 0.647. The number of thiazole rings is 1. The minimum atomic E-state index is -0.165. The Balaban J connectivity index is 1.35. The maximum Gasteiger partial charge on any atom is 0.273 e. The first-order chi connectivity index (χ1) is 12.7. The highest BCUT2D eigenvalue weighted by molar-refractivity contribution is 7.11. The third-order valence-corrected chi connectivity index (χ3v) is 6.04. The second kappa shape index (κ2) is 7.81. The van der Waals surface area contributed by atoms with Gasteiger partial charge in [0.1, 0.15) is 0 Å². The summed E-state index contributed by atoms with van der Waals surface area (Å²) in [5, 5.41) is 15.7. The number of hydrogen-bond donors (Lipinski definition) is 2. The number of carbonyl (C=O) groups is 1. The van der Waals surface area contributed by atoms with Gasteiger partial charge >= 0.3 is 0 Å². The zero-order valence-electron chi connectivity index (χ0n) is 15.1. The number of hydrogen-bond acceptors (Lipinski definition) is 7. The maximum absolute atomic E-state index is 12.6. The first-order valence-electron chi connectivity index (χ1n) is 9.29. The summed E-state index contributed by atoms with van der Waals surface area (Å²) in [6.45, 7) is 7.87. The normalized spacial score (nSPS) is 20.7. The number of aryl methyl sites for hydroxylation is 2. The molecule has 140 valence electrons. The molecule has 0 aromatic carbocycles. The van der Waals surface area contributed by atoms with Crippen LogP contribution in [-0.2, 0) is 13.0 Å². The molecule has 3 heterocycles. The van der Waals surface area contributed by atoms with Crippen LogP contribution in [0.25, 0.3) is 0 Å². The van der Waals surface area contributed by atoms with Crippen LogP contribution in [0.2, 0.25) is 0 Å². The molecule has 1 fully saturated rings. The van der Waals surface area contributed by atoms with Crippen LogP contribution in [0.1, 0.15) is 45.0 Å². The lowest BCUT2D eigenvalue weighted by atomic mass is 9.97. The molecule has 0 spiro atoms. The van der Waals surface area contributed by atoms with Gasteiger partial charge in [0.25, 0.3) is 5.91 Å². The molecule has 1 aliphatic heterocycles. The highest BCUT2D eigenvalue weighted by atomic mass is 32.1. The van der Waals surface area contributed by atoms with Crippen molar-refractivity contribution >= 4 is 17.2 Å². The number of fused-ring (bicyclic) bond motifs is 1. The molecule has 0 bridgehead atoms. The molecule has 2 aliphatic rings. The van der Waals surface area contributed by atoms with Gasteiger partial charge in [-0.15, -0.1) is 16.4 Å². The Morgan fingerprint density at radius 1 is 1.38 bits per heavy atom. The summed E-state index contributed by atoms with van der Waals surface area (Å²) in [7, 11) is 0. The molecule has 0 saturated carbocycles. The maximum atomic E-state index is 12.6. The van der Waals surface area contributed by atoms with Gasteiger partial charge in [-0.25, -0.2) is 4.98 Å². The first-order valence-corrected chi connectivity index (χ1v) is 10.1. The van der Waals surface area contributed by atoms with Gasteiger partial charge in [0.05, 0.1) is 29.5 Å². The lowest BCUT2D eigenvalue weighted by molar-refractivity contribution is 0.0926. The SMILES string of the molecule is Cc1nc2c(s1)CCC[C@H]2NC(=O)c1cn(CCN2CCNCC2)nn1. The number of piperazine rings is 1. The number of carbonyl (C=O) groups excluding carboxylic acids is 1. The third-order valence-electron chi connectivity index (χ3n) is 4.99. The van der Waals surface area contributed by atoms with Gasteiger partial charge in [0, 0.05) is 37.6 Å². The van der Waals surface area contributed by atoms with Crippen LogP contribution in [0.4, 0.5) is 0 Å². The Morgan fingerprint density at radius 3 is 3.08 bits per heavy atom. The molecular formula is C17H25N7OS. The number of nitrogens with one attached hydrogen (secondary N) is 2. The van der Waals surface area contributed by atoms with E-state index in [4.69, 9.17) is 0 Å². The van der Waals surface area contributed by atoms with Crippen molar-refractivity contribution in [1.82, 2.24) is 35.5 Å². The van der Waals surface area contributed by atoms with Crippen molar-refractivity contribution in [1.29, 1.82) is 0 Å². The molecule has 1 atom stereocenters. The summed E-state index contributed by atoms with van der Waals surface area (Å²) in [5.74, 6) is -0.165. The Labute approximate surface area is 157 Å². The van der Waals surface area contributed by atoms with E-state index in [1.807, 2.05) is 6.92 Å². The van der Waals surface area contributed by atoms with E-state index in [0.717, 1.165) is 69.2 Å². The van der Waals surface area contributed by atoms with Crippen molar-refractivity contribution < 1.29 is 4.79 Å². The second-order valence-electron chi connectivity index (χ2n) is 6.92. The molecule has 26 heavy (non-hydrogen) atoms. The van der Waals surface area contributed by atoms with Gasteiger partial charge in [0.2, 0.25) is 0 Å². The van der Waals surface area contributed by atoms with E-state index in [-0.39, 0.29) is 11.9 Å². The zero-order chi connectivity index (χ0) is 17.9. The van der Waals surface area contributed by atoms with Gasteiger partial charge in [-0.3, -0.25) is 14.4 Å². The van der Waals surface area contributed by atoms with Crippen LogP contribution >= 0.6 is 11.3 Å². The van der Waals surface area contributed by atoms with Gasteiger partial charge < -0.3 is 10.6 Å². The van der Waals surface area contributed by atoms with Crippen LogP contribution < -0.4 is 10.6 Å². The fourth-order valence-corrected chi connectivity index (χ4v) is 4.64. The molecule has 2 N–H and O–H groups in total. The van der Waals surface area contributed by atoms with Gasteiger partial charge in [-0.05, 0) is 26.2 Å². The van der Waals surface area contributed by atoms with E-state index in [1.54, 1.807) is 22.2 Å². The van der Waals surface area contributed by atoms with Crippen LogP contribution in [0.3, 0.4) is 0 Å². The Hall–Kier alpha value is -1.84. The van der Waals surface area contributed by atoms with Crippen LogP contribution in [0.15, 0.2) is 6.20 Å². The van der Waals surface area contributed by atoms with E-state index in [1.165, 1.54) is 4.88 Å².